The maximum Gasteiger partial charge on any atom is 0.252 e. The van der Waals surface area contributed by atoms with Gasteiger partial charge >= 0.3 is 0 Å². The molecule has 3 nitrogen and oxygen atoms in total. The number of carbonyl (C=O) groups excluding carboxylic acids is 1. The first-order chi connectivity index (χ1) is 12.0. The standard InChI is InChI=1S/C21H22N2OS/c1-4-15-12-13-18(25-15)16-9-5-6-10-17(16)20(24)23-21(2,3)19-11-7-8-14-22-19/h5-14H,4H2,1-3H3,(H,23,24). The van der Waals surface area contributed by atoms with Crippen LogP contribution in [-0.2, 0) is 12.0 Å². The molecule has 0 saturated heterocycles. The molecule has 0 radical (unpaired) electrons. The third kappa shape index (κ3) is 3.80. The van der Waals surface area contributed by atoms with Gasteiger partial charge in [0, 0.05) is 27.1 Å². The van der Waals surface area contributed by atoms with Crippen LogP contribution in [0.3, 0.4) is 0 Å². The highest BCUT2D eigenvalue weighted by atomic mass is 32.1. The van der Waals surface area contributed by atoms with Gasteiger partial charge in [-0.3, -0.25) is 9.78 Å². The molecule has 4 heteroatoms. The van der Waals surface area contributed by atoms with Crippen molar-refractivity contribution in [3.05, 3.63) is 76.9 Å². The second-order valence-corrected chi connectivity index (χ2v) is 7.63. The summed E-state index contributed by atoms with van der Waals surface area (Å²) in [4.78, 5) is 19.8. The first-order valence-corrected chi connectivity index (χ1v) is 9.25. The summed E-state index contributed by atoms with van der Waals surface area (Å²) in [5.74, 6) is -0.0855. The fraction of sp³-hybridized carbons (Fsp3) is 0.238. The molecule has 1 N–H and O–H groups in total. The SMILES string of the molecule is CCc1ccc(-c2ccccc2C(=O)NC(C)(C)c2ccccn2)s1. The molecule has 0 atom stereocenters. The van der Waals surface area contributed by atoms with E-state index in [1.54, 1.807) is 17.5 Å². The molecule has 1 aromatic carbocycles. The highest BCUT2D eigenvalue weighted by Crippen LogP contribution is 2.31. The monoisotopic (exact) mass is 350 g/mol. The van der Waals surface area contributed by atoms with Crippen molar-refractivity contribution in [2.75, 3.05) is 0 Å². The number of aryl methyl sites for hydroxylation is 1. The van der Waals surface area contributed by atoms with E-state index in [-0.39, 0.29) is 5.91 Å². The van der Waals surface area contributed by atoms with Gasteiger partial charge < -0.3 is 5.32 Å². The maximum absolute atomic E-state index is 13.0. The van der Waals surface area contributed by atoms with Crippen molar-refractivity contribution in [3.63, 3.8) is 0 Å². The van der Waals surface area contributed by atoms with Gasteiger partial charge in [0.15, 0.2) is 0 Å². The minimum Gasteiger partial charge on any atom is -0.341 e. The van der Waals surface area contributed by atoms with Crippen molar-refractivity contribution in [1.29, 1.82) is 0 Å². The Labute approximate surface area is 152 Å². The van der Waals surface area contributed by atoms with E-state index in [0.717, 1.165) is 22.6 Å². The van der Waals surface area contributed by atoms with E-state index >= 15 is 0 Å². The van der Waals surface area contributed by atoms with Crippen LogP contribution in [0.4, 0.5) is 0 Å². The number of benzene rings is 1. The minimum atomic E-state index is -0.546. The molecule has 3 rings (SSSR count). The molecule has 2 heterocycles. The largest absolute Gasteiger partial charge is 0.341 e. The molecule has 2 aromatic heterocycles. The smallest absolute Gasteiger partial charge is 0.252 e. The van der Waals surface area contributed by atoms with Crippen LogP contribution in [-0.4, -0.2) is 10.9 Å². The molecular weight excluding hydrogens is 328 g/mol. The van der Waals surface area contributed by atoms with Crippen molar-refractivity contribution in [3.8, 4) is 10.4 Å². The molecular formula is C21H22N2OS. The third-order valence-corrected chi connectivity index (χ3v) is 5.44. The van der Waals surface area contributed by atoms with Crippen LogP contribution in [0.2, 0.25) is 0 Å². The number of nitrogens with zero attached hydrogens (tertiary/aromatic N) is 1. The van der Waals surface area contributed by atoms with Crippen LogP contribution in [0.15, 0.2) is 60.8 Å². The number of amides is 1. The number of pyridine rings is 1. The number of carbonyl (C=O) groups is 1. The van der Waals surface area contributed by atoms with Crippen LogP contribution < -0.4 is 5.32 Å². The molecule has 0 bridgehead atoms. The molecule has 0 fully saturated rings. The average molecular weight is 350 g/mol. The minimum absolute atomic E-state index is 0.0855. The van der Waals surface area contributed by atoms with E-state index in [2.05, 4.69) is 29.4 Å². The first kappa shape index (κ1) is 17.4. The van der Waals surface area contributed by atoms with Gasteiger partial charge in [0.25, 0.3) is 5.91 Å². The molecule has 0 aliphatic carbocycles. The van der Waals surface area contributed by atoms with Gasteiger partial charge in [-0.25, -0.2) is 0 Å². The molecule has 128 valence electrons. The van der Waals surface area contributed by atoms with E-state index in [1.165, 1.54) is 4.88 Å². The second-order valence-electron chi connectivity index (χ2n) is 6.46. The van der Waals surface area contributed by atoms with E-state index < -0.39 is 5.54 Å². The normalized spacial score (nSPS) is 11.3. The van der Waals surface area contributed by atoms with E-state index in [9.17, 15) is 4.79 Å². The molecule has 0 spiro atoms. The van der Waals surface area contributed by atoms with Gasteiger partial charge in [-0.15, -0.1) is 11.3 Å². The van der Waals surface area contributed by atoms with E-state index in [4.69, 9.17) is 0 Å². The van der Waals surface area contributed by atoms with Gasteiger partial charge in [0.1, 0.15) is 0 Å². The van der Waals surface area contributed by atoms with Gasteiger partial charge in [-0.2, -0.15) is 0 Å². The van der Waals surface area contributed by atoms with Crippen LogP contribution in [0, 0.1) is 0 Å². The number of thiophene rings is 1. The Morgan fingerprint density at radius 2 is 1.84 bits per heavy atom. The van der Waals surface area contributed by atoms with Crippen LogP contribution in [0.5, 0.6) is 0 Å². The Bertz CT molecular complexity index is 868. The summed E-state index contributed by atoms with van der Waals surface area (Å²) in [6.07, 6.45) is 2.75. The quantitative estimate of drug-likeness (QED) is 0.700. The Morgan fingerprint density at radius 3 is 2.52 bits per heavy atom. The zero-order chi connectivity index (χ0) is 17.9. The van der Waals surface area contributed by atoms with Crippen LogP contribution in [0.25, 0.3) is 10.4 Å². The molecule has 0 unspecified atom stereocenters. The van der Waals surface area contributed by atoms with Crippen molar-refractivity contribution >= 4 is 17.2 Å². The van der Waals surface area contributed by atoms with Gasteiger partial charge in [-0.1, -0.05) is 31.2 Å². The lowest BCUT2D eigenvalue weighted by Gasteiger charge is -2.26. The van der Waals surface area contributed by atoms with E-state index in [0.29, 0.717) is 5.56 Å². The Kier molecular flexibility index (Phi) is 5.00. The Balaban J connectivity index is 1.90. The second kappa shape index (κ2) is 7.19. The third-order valence-electron chi connectivity index (χ3n) is 4.18. The fourth-order valence-electron chi connectivity index (χ4n) is 2.76. The molecule has 0 saturated carbocycles. The number of hydrogen-bond acceptors (Lipinski definition) is 3. The zero-order valence-electron chi connectivity index (χ0n) is 14.7. The van der Waals surface area contributed by atoms with Gasteiger partial charge in [0.05, 0.1) is 11.2 Å². The summed E-state index contributed by atoms with van der Waals surface area (Å²) >= 11 is 1.74. The van der Waals surface area contributed by atoms with Gasteiger partial charge in [0.2, 0.25) is 0 Å². The molecule has 25 heavy (non-hydrogen) atoms. The molecule has 3 aromatic rings. The van der Waals surface area contributed by atoms with Crippen molar-refractivity contribution in [1.82, 2.24) is 10.3 Å². The summed E-state index contributed by atoms with van der Waals surface area (Å²) in [5.41, 5.74) is 1.96. The predicted molar refractivity (Wildman–Crippen MR) is 104 cm³/mol. The lowest BCUT2D eigenvalue weighted by atomic mass is 9.98. The average Bonchev–Trinajstić information content (AvgIpc) is 3.11. The van der Waals surface area contributed by atoms with Crippen LogP contribution >= 0.6 is 11.3 Å². The first-order valence-electron chi connectivity index (χ1n) is 8.43. The Hall–Kier alpha value is -2.46. The van der Waals surface area contributed by atoms with Crippen molar-refractivity contribution < 1.29 is 4.79 Å². The van der Waals surface area contributed by atoms with Crippen molar-refractivity contribution in [2.24, 2.45) is 0 Å². The number of nitrogens with one attached hydrogen (secondary N) is 1. The van der Waals surface area contributed by atoms with Gasteiger partial charge in [-0.05, 0) is 50.6 Å². The summed E-state index contributed by atoms with van der Waals surface area (Å²) in [6.45, 7) is 6.08. The van der Waals surface area contributed by atoms with Crippen molar-refractivity contribution in [2.45, 2.75) is 32.7 Å². The zero-order valence-corrected chi connectivity index (χ0v) is 15.6. The highest BCUT2D eigenvalue weighted by Gasteiger charge is 2.26. The predicted octanol–water partition coefficient (Wildman–Crippen LogP) is 5.04. The topological polar surface area (TPSA) is 42.0 Å². The molecule has 1 amide bonds. The van der Waals surface area contributed by atoms with E-state index in [1.807, 2.05) is 56.3 Å². The molecule has 0 aliphatic heterocycles. The Morgan fingerprint density at radius 1 is 1.08 bits per heavy atom. The fourth-order valence-corrected chi connectivity index (χ4v) is 3.74. The highest BCUT2D eigenvalue weighted by molar-refractivity contribution is 7.15. The van der Waals surface area contributed by atoms with Crippen LogP contribution in [0.1, 0.15) is 41.7 Å². The molecule has 0 aliphatic rings. The maximum atomic E-state index is 13.0. The summed E-state index contributed by atoms with van der Waals surface area (Å²) in [6, 6.07) is 17.7. The number of rotatable bonds is 5. The summed E-state index contributed by atoms with van der Waals surface area (Å²) < 4.78 is 0. The lowest BCUT2D eigenvalue weighted by Crippen LogP contribution is -2.41. The lowest BCUT2D eigenvalue weighted by molar-refractivity contribution is 0.0911. The summed E-state index contributed by atoms with van der Waals surface area (Å²) in [5, 5.41) is 3.12. The summed E-state index contributed by atoms with van der Waals surface area (Å²) in [7, 11) is 0. The number of aromatic nitrogens is 1. The number of hydrogen-bond donors (Lipinski definition) is 1.